The smallest absolute Gasteiger partial charge is 0.0795 e. The van der Waals surface area contributed by atoms with Gasteiger partial charge in [0, 0.05) is 26.2 Å². The van der Waals surface area contributed by atoms with Crippen molar-refractivity contribution in [3.05, 3.63) is 39.3 Å². The molecular formula is C10H9BrN2S2. The number of rotatable bonds is 3. The number of hydrogen-bond acceptors (Lipinski definition) is 4. The van der Waals surface area contributed by atoms with Crippen molar-refractivity contribution in [2.45, 2.75) is 10.6 Å². The fraction of sp³-hybridized carbons (Fsp3) is 0.100. The molecule has 0 amide bonds. The van der Waals surface area contributed by atoms with Crippen LogP contribution in [-0.4, -0.2) is 4.98 Å². The van der Waals surface area contributed by atoms with Crippen molar-refractivity contribution >= 4 is 44.7 Å². The van der Waals surface area contributed by atoms with E-state index in [1.54, 1.807) is 23.1 Å². The molecule has 2 nitrogen and oxygen atoms in total. The predicted octanol–water partition coefficient (Wildman–Crippen LogP) is 3.78. The van der Waals surface area contributed by atoms with Crippen LogP contribution in [0.25, 0.3) is 0 Å². The molecule has 0 aliphatic heterocycles. The van der Waals surface area contributed by atoms with Gasteiger partial charge >= 0.3 is 0 Å². The number of thioether (sulfide) groups is 1. The van der Waals surface area contributed by atoms with Gasteiger partial charge in [0.25, 0.3) is 0 Å². The zero-order valence-electron chi connectivity index (χ0n) is 7.81. The van der Waals surface area contributed by atoms with E-state index < -0.39 is 0 Å². The van der Waals surface area contributed by atoms with Crippen LogP contribution in [0, 0.1) is 0 Å². The van der Waals surface area contributed by atoms with Gasteiger partial charge in [-0.3, -0.25) is 0 Å². The van der Waals surface area contributed by atoms with Gasteiger partial charge in [-0.2, -0.15) is 0 Å². The third-order valence-electron chi connectivity index (χ3n) is 1.83. The second-order valence-corrected chi connectivity index (χ2v) is 5.60. The first-order valence-corrected chi connectivity index (χ1v) is 7.03. The standard InChI is InChI=1S/C10H9BrN2S2/c11-7-1-2-10(9(12)3-7)15-5-8-4-14-6-13-8/h1-4,6H,5,12H2. The zero-order chi connectivity index (χ0) is 10.7. The van der Waals surface area contributed by atoms with Crippen molar-refractivity contribution in [1.82, 2.24) is 4.98 Å². The molecular weight excluding hydrogens is 292 g/mol. The first-order chi connectivity index (χ1) is 7.25. The van der Waals surface area contributed by atoms with Gasteiger partial charge in [-0.25, -0.2) is 4.98 Å². The monoisotopic (exact) mass is 300 g/mol. The number of thiazole rings is 1. The Morgan fingerprint density at radius 1 is 1.47 bits per heavy atom. The molecule has 2 rings (SSSR count). The molecule has 0 fully saturated rings. The zero-order valence-corrected chi connectivity index (χ0v) is 11.0. The topological polar surface area (TPSA) is 38.9 Å². The molecule has 78 valence electrons. The Morgan fingerprint density at radius 3 is 3.00 bits per heavy atom. The van der Waals surface area contributed by atoms with E-state index in [-0.39, 0.29) is 0 Å². The van der Waals surface area contributed by atoms with Gasteiger partial charge < -0.3 is 5.73 Å². The normalized spacial score (nSPS) is 10.5. The highest BCUT2D eigenvalue weighted by Gasteiger charge is 2.02. The molecule has 0 atom stereocenters. The number of hydrogen-bond donors (Lipinski definition) is 1. The molecule has 0 spiro atoms. The van der Waals surface area contributed by atoms with Gasteiger partial charge in [-0.1, -0.05) is 15.9 Å². The van der Waals surface area contributed by atoms with Crippen LogP contribution in [0.3, 0.4) is 0 Å². The Hall–Kier alpha value is -0.520. The lowest BCUT2D eigenvalue weighted by atomic mass is 10.3. The quantitative estimate of drug-likeness (QED) is 0.692. The van der Waals surface area contributed by atoms with Gasteiger partial charge in [-0.15, -0.1) is 23.1 Å². The molecule has 1 aromatic carbocycles. The minimum Gasteiger partial charge on any atom is -0.398 e. The molecule has 2 aromatic rings. The van der Waals surface area contributed by atoms with E-state index in [9.17, 15) is 0 Å². The first-order valence-electron chi connectivity index (χ1n) is 4.30. The molecule has 2 N–H and O–H groups in total. The third kappa shape index (κ3) is 2.96. The summed E-state index contributed by atoms with van der Waals surface area (Å²) in [5.74, 6) is 0.870. The van der Waals surface area contributed by atoms with Gasteiger partial charge in [0.05, 0.1) is 11.2 Å². The largest absolute Gasteiger partial charge is 0.398 e. The van der Waals surface area contributed by atoms with Crippen LogP contribution in [-0.2, 0) is 5.75 Å². The lowest BCUT2D eigenvalue weighted by Crippen LogP contribution is -1.89. The van der Waals surface area contributed by atoms with E-state index >= 15 is 0 Å². The van der Waals surface area contributed by atoms with E-state index in [0.29, 0.717) is 0 Å². The number of halogens is 1. The lowest BCUT2D eigenvalue weighted by Gasteiger charge is -2.04. The fourth-order valence-corrected chi connectivity index (χ4v) is 3.01. The van der Waals surface area contributed by atoms with Crippen molar-refractivity contribution in [3.8, 4) is 0 Å². The van der Waals surface area contributed by atoms with Crippen LogP contribution < -0.4 is 5.73 Å². The molecule has 1 aromatic heterocycles. The Kier molecular flexibility index (Phi) is 3.66. The van der Waals surface area contributed by atoms with Crippen LogP contribution >= 0.6 is 39.0 Å². The van der Waals surface area contributed by atoms with Crippen LogP contribution in [0.15, 0.2) is 38.5 Å². The van der Waals surface area contributed by atoms with Crippen molar-refractivity contribution in [1.29, 1.82) is 0 Å². The van der Waals surface area contributed by atoms with E-state index in [4.69, 9.17) is 5.73 Å². The highest BCUT2D eigenvalue weighted by atomic mass is 79.9. The second-order valence-electron chi connectivity index (χ2n) is 2.95. The summed E-state index contributed by atoms with van der Waals surface area (Å²) in [6.45, 7) is 0. The average Bonchev–Trinajstić information content (AvgIpc) is 2.69. The number of nitrogens with zero attached hydrogens (tertiary/aromatic N) is 1. The number of nitrogens with two attached hydrogens (primary N) is 1. The summed E-state index contributed by atoms with van der Waals surface area (Å²) in [6.07, 6.45) is 0. The van der Waals surface area contributed by atoms with Crippen molar-refractivity contribution in [3.63, 3.8) is 0 Å². The number of anilines is 1. The maximum absolute atomic E-state index is 5.89. The highest BCUT2D eigenvalue weighted by molar-refractivity contribution is 9.10. The molecule has 15 heavy (non-hydrogen) atoms. The first kappa shape index (κ1) is 11.0. The summed E-state index contributed by atoms with van der Waals surface area (Å²) < 4.78 is 1.01. The van der Waals surface area contributed by atoms with Crippen molar-refractivity contribution in [2.75, 3.05) is 5.73 Å². The minimum atomic E-state index is 0.810. The summed E-state index contributed by atoms with van der Waals surface area (Å²) in [5, 5.41) is 2.06. The molecule has 0 unspecified atom stereocenters. The molecule has 0 aliphatic carbocycles. The fourth-order valence-electron chi connectivity index (χ4n) is 1.11. The third-order valence-corrected chi connectivity index (χ3v) is 4.08. The molecule has 0 bridgehead atoms. The summed E-state index contributed by atoms with van der Waals surface area (Å²) >= 11 is 6.72. The maximum Gasteiger partial charge on any atom is 0.0795 e. The van der Waals surface area contributed by atoms with Gasteiger partial charge in [-0.05, 0) is 18.2 Å². The number of nitrogen functional groups attached to an aromatic ring is 1. The summed E-state index contributed by atoms with van der Waals surface area (Å²) in [5.41, 5.74) is 9.65. The molecule has 5 heteroatoms. The molecule has 0 aliphatic rings. The van der Waals surface area contributed by atoms with Crippen LogP contribution in [0.5, 0.6) is 0 Å². The van der Waals surface area contributed by atoms with Gasteiger partial charge in [0.2, 0.25) is 0 Å². The van der Waals surface area contributed by atoms with Crippen LogP contribution in [0.1, 0.15) is 5.69 Å². The van der Waals surface area contributed by atoms with Gasteiger partial charge in [0.1, 0.15) is 0 Å². The van der Waals surface area contributed by atoms with Gasteiger partial charge in [0.15, 0.2) is 0 Å². The van der Waals surface area contributed by atoms with Crippen molar-refractivity contribution in [2.24, 2.45) is 0 Å². The Bertz CT molecular complexity index is 443. The average molecular weight is 301 g/mol. The molecule has 0 radical (unpaired) electrons. The predicted molar refractivity (Wildman–Crippen MR) is 70.2 cm³/mol. The second kappa shape index (κ2) is 5.01. The summed E-state index contributed by atoms with van der Waals surface area (Å²) in [7, 11) is 0. The van der Waals surface area contributed by atoms with Crippen LogP contribution in [0.2, 0.25) is 0 Å². The number of benzene rings is 1. The van der Waals surface area contributed by atoms with E-state index in [0.717, 1.165) is 26.5 Å². The molecule has 0 saturated carbocycles. The van der Waals surface area contributed by atoms with Crippen LogP contribution in [0.4, 0.5) is 5.69 Å². The van der Waals surface area contributed by atoms with Crippen molar-refractivity contribution < 1.29 is 0 Å². The maximum atomic E-state index is 5.89. The Morgan fingerprint density at radius 2 is 2.33 bits per heavy atom. The lowest BCUT2D eigenvalue weighted by molar-refractivity contribution is 1.23. The Labute approximate surface area is 105 Å². The molecule has 1 heterocycles. The summed E-state index contributed by atoms with van der Waals surface area (Å²) in [6, 6.07) is 5.94. The highest BCUT2D eigenvalue weighted by Crippen LogP contribution is 2.30. The Balaban J connectivity index is 2.05. The van der Waals surface area contributed by atoms with E-state index in [1.165, 1.54) is 0 Å². The number of aromatic nitrogens is 1. The molecule has 0 saturated heterocycles. The SMILES string of the molecule is Nc1cc(Br)ccc1SCc1cscn1. The minimum absolute atomic E-state index is 0.810. The summed E-state index contributed by atoms with van der Waals surface area (Å²) in [4.78, 5) is 5.33. The van der Waals surface area contributed by atoms with E-state index in [2.05, 4.69) is 26.3 Å². The van der Waals surface area contributed by atoms with E-state index in [1.807, 2.05) is 23.7 Å².